The van der Waals surface area contributed by atoms with Crippen LogP contribution in [0.4, 0.5) is 0 Å². The van der Waals surface area contributed by atoms with Gasteiger partial charge in [-0.3, -0.25) is 19.4 Å². The van der Waals surface area contributed by atoms with Crippen LogP contribution in [0.2, 0.25) is 0 Å². The maximum absolute atomic E-state index is 13.2. The van der Waals surface area contributed by atoms with Crippen LogP contribution in [-0.2, 0) is 25.6 Å². The van der Waals surface area contributed by atoms with Crippen LogP contribution in [0.25, 0.3) is 0 Å². The molecule has 1 aromatic carbocycles. The number of amides is 3. The van der Waals surface area contributed by atoms with Gasteiger partial charge >= 0.3 is 5.97 Å². The summed E-state index contributed by atoms with van der Waals surface area (Å²) in [5.74, 6) is -3.41. The molecule has 13 heteroatoms. The van der Waals surface area contributed by atoms with E-state index in [1.807, 2.05) is 13.8 Å². The van der Waals surface area contributed by atoms with Gasteiger partial charge in [-0.25, -0.2) is 4.79 Å². The molecule has 37 heavy (non-hydrogen) atoms. The minimum absolute atomic E-state index is 0.0151. The van der Waals surface area contributed by atoms with Crippen LogP contribution in [0.15, 0.2) is 35.3 Å². The molecule has 0 aliphatic rings. The van der Waals surface area contributed by atoms with E-state index in [1.54, 1.807) is 30.3 Å². The van der Waals surface area contributed by atoms with Gasteiger partial charge in [-0.05, 0) is 30.7 Å². The number of aliphatic hydroxyl groups is 1. The zero-order valence-corrected chi connectivity index (χ0v) is 21.2. The van der Waals surface area contributed by atoms with E-state index in [1.165, 1.54) is 0 Å². The highest BCUT2D eigenvalue weighted by molar-refractivity contribution is 5.94. The van der Waals surface area contributed by atoms with E-state index >= 15 is 0 Å². The van der Waals surface area contributed by atoms with Crippen molar-refractivity contribution < 1.29 is 29.4 Å². The number of carboxylic acids is 1. The van der Waals surface area contributed by atoms with Gasteiger partial charge in [-0.2, -0.15) is 0 Å². The fourth-order valence-electron chi connectivity index (χ4n) is 3.42. The van der Waals surface area contributed by atoms with E-state index in [4.69, 9.17) is 17.2 Å². The van der Waals surface area contributed by atoms with Crippen LogP contribution < -0.4 is 33.2 Å². The first-order valence-corrected chi connectivity index (χ1v) is 12.0. The fraction of sp³-hybridized carbons (Fsp3) is 0.542. The Morgan fingerprint density at radius 3 is 2.03 bits per heavy atom. The molecule has 0 radical (unpaired) electrons. The highest BCUT2D eigenvalue weighted by Crippen LogP contribution is 2.09. The van der Waals surface area contributed by atoms with Crippen LogP contribution in [0.1, 0.15) is 38.7 Å². The summed E-state index contributed by atoms with van der Waals surface area (Å²) < 4.78 is 0. The highest BCUT2D eigenvalue weighted by Gasteiger charge is 2.30. The summed E-state index contributed by atoms with van der Waals surface area (Å²) in [5, 5.41) is 26.0. The summed E-state index contributed by atoms with van der Waals surface area (Å²) in [6, 6.07) is 4.22. The molecule has 1 aromatic rings. The van der Waals surface area contributed by atoms with E-state index in [0.717, 1.165) is 0 Å². The van der Waals surface area contributed by atoms with Gasteiger partial charge in [-0.15, -0.1) is 0 Å². The van der Waals surface area contributed by atoms with Gasteiger partial charge in [0, 0.05) is 13.0 Å². The Kier molecular flexibility index (Phi) is 13.6. The zero-order valence-electron chi connectivity index (χ0n) is 21.2. The van der Waals surface area contributed by atoms with E-state index in [9.17, 15) is 29.4 Å². The summed E-state index contributed by atoms with van der Waals surface area (Å²) >= 11 is 0. The number of aliphatic imine (C=N–C) groups is 1. The number of hydrogen-bond donors (Lipinski definition) is 8. The number of carboxylic acid groups (broad SMARTS) is 1. The molecule has 0 saturated heterocycles. The minimum atomic E-state index is -1.54. The molecule has 4 atom stereocenters. The molecule has 0 aliphatic carbocycles. The molecule has 0 bridgehead atoms. The van der Waals surface area contributed by atoms with Crippen molar-refractivity contribution in [3.8, 4) is 0 Å². The van der Waals surface area contributed by atoms with Crippen molar-refractivity contribution in [2.45, 2.75) is 63.7 Å². The van der Waals surface area contributed by atoms with Gasteiger partial charge < -0.3 is 43.4 Å². The van der Waals surface area contributed by atoms with Crippen molar-refractivity contribution in [2.75, 3.05) is 13.2 Å². The maximum Gasteiger partial charge on any atom is 0.328 e. The minimum Gasteiger partial charge on any atom is -0.480 e. The molecule has 0 heterocycles. The number of nitrogens with two attached hydrogens (primary N) is 3. The van der Waals surface area contributed by atoms with Gasteiger partial charge in [0.05, 0.1) is 12.6 Å². The molecule has 1 rings (SSSR count). The monoisotopic (exact) mass is 521 g/mol. The van der Waals surface area contributed by atoms with Crippen LogP contribution in [0.5, 0.6) is 0 Å². The number of nitrogens with one attached hydrogen (secondary N) is 3. The van der Waals surface area contributed by atoms with E-state index in [-0.39, 0.29) is 31.1 Å². The summed E-state index contributed by atoms with van der Waals surface area (Å²) in [5.41, 5.74) is 17.2. The van der Waals surface area contributed by atoms with Gasteiger partial charge in [0.1, 0.15) is 18.1 Å². The average Bonchev–Trinajstić information content (AvgIpc) is 2.83. The number of rotatable bonds is 16. The Morgan fingerprint density at radius 2 is 1.49 bits per heavy atom. The Labute approximate surface area is 216 Å². The van der Waals surface area contributed by atoms with Crippen LogP contribution in [0, 0.1) is 5.92 Å². The molecule has 0 saturated carbocycles. The molecule has 206 valence electrons. The molecule has 0 fully saturated rings. The first-order chi connectivity index (χ1) is 17.4. The van der Waals surface area contributed by atoms with E-state index in [2.05, 4.69) is 20.9 Å². The third kappa shape index (κ3) is 12.2. The Morgan fingerprint density at radius 1 is 0.919 bits per heavy atom. The molecule has 4 unspecified atom stereocenters. The number of aliphatic carboxylic acids is 1. The van der Waals surface area contributed by atoms with E-state index < -0.39 is 54.5 Å². The number of carbonyl (C=O) groups excluding carboxylic acids is 3. The van der Waals surface area contributed by atoms with Gasteiger partial charge in [0.15, 0.2) is 5.96 Å². The first kappa shape index (κ1) is 31.3. The number of benzene rings is 1. The summed E-state index contributed by atoms with van der Waals surface area (Å²) in [7, 11) is 0. The lowest BCUT2D eigenvalue weighted by atomic mass is 10.00. The second kappa shape index (κ2) is 16.1. The quantitative estimate of drug-likeness (QED) is 0.0694. The molecule has 0 spiro atoms. The van der Waals surface area contributed by atoms with E-state index in [0.29, 0.717) is 18.5 Å². The lowest BCUT2D eigenvalue weighted by molar-refractivity contribution is -0.143. The largest absolute Gasteiger partial charge is 0.480 e. The van der Waals surface area contributed by atoms with Crippen molar-refractivity contribution in [1.82, 2.24) is 16.0 Å². The van der Waals surface area contributed by atoms with Gasteiger partial charge in [0.2, 0.25) is 17.7 Å². The number of guanidine groups is 1. The second-order valence-electron chi connectivity index (χ2n) is 9.08. The number of nitrogens with zero attached hydrogens (tertiary/aromatic N) is 1. The first-order valence-electron chi connectivity index (χ1n) is 12.0. The lowest BCUT2D eigenvalue weighted by Crippen LogP contribution is -2.58. The van der Waals surface area contributed by atoms with Gasteiger partial charge in [-0.1, -0.05) is 44.2 Å². The van der Waals surface area contributed by atoms with Crippen LogP contribution in [0.3, 0.4) is 0 Å². The van der Waals surface area contributed by atoms with Crippen LogP contribution in [-0.4, -0.2) is 77.2 Å². The molecule has 0 aliphatic heterocycles. The summed E-state index contributed by atoms with van der Waals surface area (Å²) in [4.78, 5) is 53.9. The van der Waals surface area contributed by atoms with Crippen molar-refractivity contribution >= 4 is 29.7 Å². The predicted molar refractivity (Wildman–Crippen MR) is 138 cm³/mol. The Balaban J connectivity index is 2.99. The van der Waals surface area contributed by atoms with Crippen molar-refractivity contribution in [2.24, 2.45) is 28.1 Å². The third-order valence-corrected chi connectivity index (χ3v) is 5.36. The average molecular weight is 522 g/mol. The summed E-state index contributed by atoms with van der Waals surface area (Å²) in [6.45, 7) is 3.23. The predicted octanol–water partition coefficient (Wildman–Crippen LogP) is -1.81. The summed E-state index contributed by atoms with van der Waals surface area (Å²) in [6.07, 6.45) is 1.08. The van der Waals surface area contributed by atoms with Crippen molar-refractivity contribution in [1.29, 1.82) is 0 Å². The molecular weight excluding hydrogens is 482 g/mol. The number of hydrogen-bond acceptors (Lipinski definition) is 7. The lowest BCUT2D eigenvalue weighted by Gasteiger charge is -2.26. The van der Waals surface area contributed by atoms with Crippen LogP contribution >= 0.6 is 0 Å². The Bertz CT molecular complexity index is 921. The highest BCUT2D eigenvalue weighted by atomic mass is 16.4. The molecule has 11 N–H and O–H groups in total. The smallest absolute Gasteiger partial charge is 0.328 e. The molecular formula is C24H39N7O6. The maximum atomic E-state index is 13.2. The number of carbonyl (C=O) groups is 4. The Hall–Kier alpha value is -3.71. The van der Waals surface area contributed by atoms with Crippen molar-refractivity contribution in [3.63, 3.8) is 0 Å². The second-order valence-corrected chi connectivity index (χ2v) is 9.08. The zero-order chi connectivity index (χ0) is 28.0. The molecule has 3 amide bonds. The van der Waals surface area contributed by atoms with Crippen molar-refractivity contribution in [3.05, 3.63) is 35.9 Å². The molecule has 13 nitrogen and oxygen atoms in total. The number of aliphatic hydroxyl groups excluding tert-OH is 1. The van der Waals surface area contributed by atoms with Gasteiger partial charge in [0.25, 0.3) is 0 Å². The SMILES string of the molecule is CC(C)CC(NC(=O)C(N)CCCN=C(N)N)C(=O)NC(Cc1ccccc1)C(=O)NC(CO)C(=O)O. The topological polar surface area (TPSA) is 235 Å². The fourth-order valence-corrected chi connectivity index (χ4v) is 3.42. The molecule has 0 aromatic heterocycles. The normalized spacial score (nSPS) is 14.1. The third-order valence-electron chi connectivity index (χ3n) is 5.36. The standard InChI is InChI=1S/C24H39N7O6/c1-14(2)11-17(29-20(33)16(25)9-6-10-28-24(26)27)21(34)30-18(12-15-7-4-3-5-8-15)22(35)31-19(13-32)23(36)37/h3-5,7-8,14,16-19,32H,6,9-13,25H2,1-2H3,(H,29,33)(H,30,34)(H,31,35)(H,36,37)(H4,26,27,28).